The number of anilines is 1. The zero-order chi connectivity index (χ0) is 14.8. The van der Waals surface area contributed by atoms with E-state index >= 15 is 0 Å². The Labute approximate surface area is 117 Å². The first-order valence-electron chi connectivity index (χ1n) is 6.24. The number of aliphatic hydroxyl groups is 1. The molecule has 20 heavy (non-hydrogen) atoms. The number of rotatable bonds is 5. The monoisotopic (exact) mass is 295 g/mol. The van der Waals surface area contributed by atoms with Crippen molar-refractivity contribution in [1.82, 2.24) is 10.2 Å². The van der Waals surface area contributed by atoms with Crippen molar-refractivity contribution in [1.29, 1.82) is 0 Å². The molecule has 0 atom stereocenters. The Bertz CT molecular complexity index is 690. The second kappa shape index (κ2) is 5.64. The van der Waals surface area contributed by atoms with Gasteiger partial charge in [-0.25, -0.2) is 8.42 Å². The fourth-order valence-electron chi connectivity index (χ4n) is 1.95. The number of nitrogens with zero attached hydrogens (tertiary/aromatic N) is 1. The van der Waals surface area contributed by atoms with Crippen LogP contribution < -0.4 is 4.72 Å². The van der Waals surface area contributed by atoms with Crippen LogP contribution in [-0.2, 0) is 23.1 Å². The van der Waals surface area contributed by atoms with Crippen LogP contribution in [0.3, 0.4) is 0 Å². The van der Waals surface area contributed by atoms with E-state index in [-0.39, 0.29) is 10.6 Å². The maximum absolute atomic E-state index is 12.3. The van der Waals surface area contributed by atoms with Gasteiger partial charge in [0.1, 0.15) is 10.6 Å². The molecule has 7 heteroatoms. The highest BCUT2D eigenvalue weighted by Crippen LogP contribution is 2.21. The molecule has 0 saturated carbocycles. The summed E-state index contributed by atoms with van der Waals surface area (Å²) in [5.74, 6) is 0. The Balaban J connectivity index is 2.32. The van der Waals surface area contributed by atoms with E-state index in [1.54, 1.807) is 19.1 Å². The molecular formula is C13H17N3O3S. The summed E-state index contributed by atoms with van der Waals surface area (Å²) in [6.07, 6.45) is 0.891. The maximum Gasteiger partial charge on any atom is 0.265 e. The van der Waals surface area contributed by atoms with E-state index < -0.39 is 16.6 Å². The number of nitrogens with one attached hydrogen (secondary N) is 2. The molecule has 0 aliphatic carbocycles. The summed E-state index contributed by atoms with van der Waals surface area (Å²) in [6, 6.07) is 7.16. The minimum atomic E-state index is -3.77. The van der Waals surface area contributed by atoms with Crippen molar-refractivity contribution in [2.24, 2.45) is 0 Å². The Morgan fingerprint density at radius 2 is 1.95 bits per heavy atom. The second-order valence-electron chi connectivity index (χ2n) is 4.44. The summed E-state index contributed by atoms with van der Waals surface area (Å²) < 4.78 is 27.2. The molecule has 0 unspecified atom stereocenters. The van der Waals surface area contributed by atoms with Gasteiger partial charge in [0.25, 0.3) is 10.0 Å². The summed E-state index contributed by atoms with van der Waals surface area (Å²) in [6.45, 7) is 3.19. The number of aryl methyl sites for hydroxylation is 2. The lowest BCUT2D eigenvalue weighted by Crippen LogP contribution is -2.15. The maximum atomic E-state index is 12.3. The minimum absolute atomic E-state index is 0.000400. The van der Waals surface area contributed by atoms with Gasteiger partial charge < -0.3 is 5.11 Å². The zero-order valence-electron chi connectivity index (χ0n) is 11.3. The molecule has 108 valence electrons. The van der Waals surface area contributed by atoms with Crippen molar-refractivity contribution in [3.05, 3.63) is 41.2 Å². The molecule has 1 aromatic carbocycles. The van der Waals surface area contributed by atoms with Gasteiger partial charge in [0.05, 0.1) is 12.3 Å². The summed E-state index contributed by atoms with van der Waals surface area (Å²) in [4.78, 5) is -0.000400. The Morgan fingerprint density at radius 1 is 1.30 bits per heavy atom. The predicted octanol–water partition coefficient (Wildman–Crippen LogP) is 1.57. The second-order valence-corrected chi connectivity index (χ2v) is 6.06. The predicted molar refractivity (Wildman–Crippen MR) is 75.9 cm³/mol. The third-order valence-corrected chi connectivity index (χ3v) is 4.58. The van der Waals surface area contributed by atoms with Gasteiger partial charge in [-0.15, -0.1) is 0 Å². The number of hydrogen-bond acceptors (Lipinski definition) is 4. The van der Waals surface area contributed by atoms with E-state index in [0.29, 0.717) is 11.4 Å². The molecule has 0 aliphatic heterocycles. The summed E-state index contributed by atoms with van der Waals surface area (Å²) in [7, 11) is -3.77. The van der Waals surface area contributed by atoms with Crippen LogP contribution in [0.2, 0.25) is 0 Å². The average Bonchev–Trinajstić information content (AvgIpc) is 2.81. The van der Waals surface area contributed by atoms with Gasteiger partial charge in [-0.1, -0.05) is 19.1 Å². The highest BCUT2D eigenvalue weighted by molar-refractivity contribution is 7.92. The number of hydrogen-bond donors (Lipinski definition) is 3. The van der Waals surface area contributed by atoms with E-state index in [1.807, 2.05) is 19.1 Å². The molecule has 2 aromatic rings. The highest BCUT2D eigenvalue weighted by Gasteiger charge is 2.23. The van der Waals surface area contributed by atoms with Crippen LogP contribution in [0.4, 0.5) is 5.69 Å². The lowest BCUT2D eigenvalue weighted by Gasteiger charge is -2.09. The minimum Gasteiger partial charge on any atom is -0.390 e. The van der Waals surface area contributed by atoms with Crippen molar-refractivity contribution in [2.45, 2.75) is 31.8 Å². The highest BCUT2D eigenvalue weighted by atomic mass is 32.2. The number of aromatic amines is 1. The summed E-state index contributed by atoms with van der Waals surface area (Å²) in [5, 5.41) is 15.5. The van der Waals surface area contributed by atoms with Crippen LogP contribution >= 0.6 is 0 Å². The largest absolute Gasteiger partial charge is 0.390 e. The number of benzene rings is 1. The smallest absolute Gasteiger partial charge is 0.265 e. The quantitative estimate of drug-likeness (QED) is 0.780. The van der Waals surface area contributed by atoms with Crippen molar-refractivity contribution in [3.8, 4) is 0 Å². The number of aromatic nitrogens is 2. The first-order chi connectivity index (χ1) is 9.47. The number of sulfonamides is 1. The van der Waals surface area contributed by atoms with Gasteiger partial charge in [-0.2, -0.15) is 5.10 Å². The van der Waals surface area contributed by atoms with Crippen molar-refractivity contribution >= 4 is 15.7 Å². The average molecular weight is 295 g/mol. The fourth-order valence-corrected chi connectivity index (χ4v) is 3.37. The van der Waals surface area contributed by atoms with Gasteiger partial charge in [0.15, 0.2) is 0 Å². The van der Waals surface area contributed by atoms with Gasteiger partial charge in [-0.3, -0.25) is 9.82 Å². The van der Waals surface area contributed by atoms with Crippen molar-refractivity contribution in [2.75, 3.05) is 4.72 Å². The van der Waals surface area contributed by atoms with E-state index in [4.69, 9.17) is 5.11 Å². The first-order valence-corrected chi connectivity index (χ1v) is 7.72. The molecule has 0 amide bonds. The van der Waals surface area contributed by atoms with Crippen LogP contribution in [-0.4, -0.2) is 23.7 Å². The Hall–Kier alpha value is -1.86. The van der Waals surface area contributed by atoms with Crippen molar-refractivity contribution < 1.29 is 13.5 Å². The third kappa shape index (κ3) is 2.83. The molecule has 0 fully saturated rings. The SMILES string of the molecule is CCc1ccc(NS(=O)(=O)c2c(CO)n[nH]c2C)cc1. The van der Waals surface area contributed by atoms with Crippen molar-refractivity contribution in [3.63, 3.8) is 0 Å². The first kappa shape index (κ1) is 14.5. The van der Waals surface area contributed by atoms with E-state index in [2.05, 4.69) is 14.9 Å². The molecule has 0 saturated heterocycles. The molecular weight excluding hydrogens is 278 g/mol. The normalized spacial score (nSPS) is 11.6. The molecule has 1 aromatic heterocycles. The lowest BCUT2D eigenvalue weighted by molar-refractivity contribution is 0.273. The molecule has 2 rings (SSSR count). The summed E-state index contributed by atoms with van der Waals surface area (Å²) in [5.41, 5.74) is 2.11. The molecule has 3 N–H and O–H groups in total. The van der Waals surface area contributed by atoms with Gasteiger partial charge in [0.2, 0.25) is 0 Å². The molecule has 1 heterocycles. The third-order valence-electron chi connectivity index (χ3n) is 2.99. The van der Waals surface area contributed by atoms with E-state index in [1.165, 1.54) is 0 Å². The van der Waals surface area contributed by atoms with Crippen LogP contribution in [0.1, 0.15) is 23.9 Å². The Kier molecular flexibility index (Phi) is 4.10. The number of aliphatic hydroxyl groups excluding tert-OH is 1. The van der Waals surface area contributed by atoms with Gasteiger partial charge in [0, 0.05) is 5.69 Å². The van der Waals surface area contributed by atoms with E-state index in [0.717, 1.165) is 12.0 Å². The molecule has 0 aliphatic rings. The molecule has 0 radical (unpaired) electrons. The standard InChI is InChI=1S/C13H17N3O3S/c1-3-10-4-6-11(7-5-10)16-20(18,19)13-9(2)14-15-12(13)8-17/h4-7,16-17H,3,8H2,1-2H3,(H,14,15). The topological polar surface area (TPSA) is 95.1 Å². The van der Waals surface area contributed by atoms with Gasteiger partial charge >= 0.3 is 0 Å². The van der Waals surface area contributed by atoms with E-state index in [9.17, 15) is 8.42 Å². The van der Waals surface area contributed by atoms with Crippen LogP contribution in [0.25, 0.3) is 0 Å². The number of H-pyrrole nitrogens is 1. The fraction of sp³-hybridized carbons (Fsp3) is 0.308. The summed E-state index contributed by atoms with van der Waals surface area (Å²) >= 11 is 0. The van der Waals surface area contributed by atoms with Gasteiger partial charge in [-0.05, 0) is 31.0 Å². The van der Waals surface area contributed by atoms with Crippen LogP contribution in [0.15, 0.2) is 29.2 Å². The van der Waals surface area contributed by atoms with Crippen LogP contribution in [0.5, 0.6) is 0 Å². The molecule has 0 bridgehead atoms. The molecule has 6 nitrogen and oxygen atoms in total. The van der Waals surface area contributed by atoms with Crippen LogP contribution in [0, 0.1) is 6.92 Å². The lowest BCUT2D eigenvalue weighted by atomic mass is 10.2. The Morgan fingerprint density at radius 3 is 2.50 bits per heavy atom. The molecule has 0 spiro atoms. The zero-order valence-corrected chi connectivity index (χ0v) is 12.2.